The second-order valence-electron chi connectivity index (χ2n) is 12.3. The van der Waals surface area contributed by atoms with E-state index >= 15 is 0 Å². The Labute approximate surface area is 265 Å². The van der Waals surface area contributed by atoms with Crippen molar-refractivity contribution < 1.29 is 23.7 Å². The van der Waals surface area contributed by atoms with Crippen LogP contribution in [0, 0.1) is 11.3 Å². The number of rotatable bonds is 13. The number of halogens is 2. The van der Waals surface area contributed by atoms with Crippen molar-refractivity contribution in [3.05, 3.63) is 58.6 Å². The van der Waals surface area contributed by atoms with E-state index in [1.807, 2.05) is 42.5 Å². The molecular formula is C33H43Cl2N3O5. The summed E-state index contributed by atoms with van der Waals surface area (Å²) in [6.45, 7) is 14.1. The minimum absolute atomic E-state index is 0.175. The molecule has 2 aromatic carbocycles. The fourth-order valence-electron chi connectivity index (χ4n) is 5.32. The molecule has 234 valence electrons. The van der Waals surface area contributed by atoms with Gasteiger partial charge in [-0.3, -0.25) is 4.90 Å². The topological polar surface area (TPSA) is 73.4 Å². The number of hydrogen-bond donors (Lipinski definition) is 0. The first-order valence-corrected chi connectivity index (χ1v) is 15.7. The van der Waals surface area contributed by atoms with Crippen molar-refractivity contribution in [1.82, 2.24) is 9.88 Å². The average Bonchev–Trinajstić information content (AvgIpc) is 2.97. The molecule has 1 unspecified atom stereocenters. The largest absolute Gasteiger partial charge is 0.511 e. The van der Waals surface area contributed by atoms with Crippen LogP contribution in [0.25, 0.3) is 10.9 Å². The van der Waals surface area contributed by atoms with Gasteiger partial charge in [-0.2, -0.15) is 0 Å². The van der Waals surface area contributed by atoms with Gasteiger partial charge in [0.2, 0.25) is 12.7 Å². The third kappa shape index (κ3) is 10.6. The van der Waals surface area contributed by atoms with Gasteiger partial charge >= 0.3 is 6.16 Å². The van der Waals surface area contributed by atoms with E-state index < -0.39 is 6.16 Å². The number of nitrogens with zero attached hydrogens (tertiary/aromatic N) is 3. The normalized spacial score (nSPS) is 14.9. The quantitative estimate of drug-likeness (QED) is 0.106. The van der Waals surface area contributed by atoms with Crippen molar-refractivity contribution in [2.24, 2.45) is 11.3 Å². The lowest BCUT2D eigenvalue weighted by molar-refractivity contribution is -0.00396. The lowest BCUT2D eigenvalue weighted by Crippen LogP contribution is -2.46. The summed E-state index contributed by atoms with van der Waals surface area (Å²) < 4.78 is 21.8. The number of fused-ring (bicyclic) bond motifs is 1. The van der Waals surface area contributed by atoms with Gasteiger partial charge in [0, 0.05) is 43.7 Å². The second-order valence-corrected chi connectivity index (χ2v) is 13.1. The molecule has 1 atom stereocenters. The number of carbonyl (C=O) groups excluding carboxylic acids is 1. The van der Waals surface area contributed by atoms with Crippen molar-refractivity contribution in [3.63, 3.8) is 0 Å². The van der Waals surface area contributed by atoms with E-state index in [4.69, 9.17) is 42.1 Å². The fourth-order valence-corrected chi connectivity index (χ4v) is 5.73. The van der Waals surface area contributed by atoms with Crippen molar-refractivity contribution >= 4 is 45.9 Å². The second kappa shape index (κ2) is 15.7. The monoisotopic (exact) mass is 631 g/mol. The first-order chi connectivity index (χ1) is 20.6. The van der Waals surface area contributed by atoms with Crippen molar-refractivity contribution in [3.8, 4) is 11.6 Å². The highest BCUT2D eigenvalue weighted by Crippen LogP contribution is 2.33. The van der Waals surface area contributed by atoms with Gasteiger partial charge in [0.1, 0.15) is 5.75 Å². The first kappa shape index (κ1) is 33.0. The Morgan fingerprint density at radius 1 is 0.977 bits per heavy atom. The third-order valence-corrected chi connectivity index (χ3v) is 8.06. The van der Waals surface area contributed by atoms with Gasteiger partial charge in [-0.15, -0.1) is 0 Å². The zero-order valence-corrected chi connectivity index (χ0v) is 27.1. The molecule has 0 spiro atoms. The summed E-state index contributed by atoms with van der Waals surface area (Å²) in [7, 11) is 0. The molecule has 0 amide bonds. The number of hydrogen-bond acceptors (Lipinski definition) is 8. The van der Waals surface area contributed by atoms with Crippen LogP contribution in [0.4, 0.5) is 10.5 Å². The Kier molecular flexibility index (Phi) is 12.0. The minimum atomic E-state index is -0.748. The maximum atomic E-state index is 11.9. The smallest absolute Gasteiger partial charge is 0.494 e. The highest BCUT2D eigenvalue weighted by atomic mass is 35.5. The van der Waals surface area contributed by atoms with Crippen LogP contribution in [-0.4, -0.2) is 68.8 Å². The number of piperazine rings is 1. The summed E-state index contributed by atoms with van der Waals surface area (Å²) in [4.78, 5) is 21.2. The van der Waals surface area contributed by atoms with E-state index in [0.717, 1.165) is 74.3 Å². The van der Waals surface area contributed by atoms with Crippen LogP contribution in [0.3, 0.4) is 0 Å². The molecule has 0 radical (unpaired) electrons. The van der Waals surface area contributed by atoms with E-state index in [-0.39, 0.29) is 18.1 Å². The van der Waals surface area contributed by atoms with E-state index in [9.17, 15) is 4.79 Å². The summed E-state index contributed by atoms with van der Waals surface area (Å²) in [5.74, 6) is 1.36. The van der Waals surface area contributed by atoms with Crippen LogP contribution in [0.1, 0.15) is 47.0 Å². The summed E-state index contributed by atoms with van der Waals surface area (Å²) in [6, 6.07) is 15.3. The zero-order chi connectivity index (χ0) is 30.8. The van der Waals surface area contributed by atoms with Crippen LogP contribution < -0.4 is 14.4 Å². The Balaban J connectivity index is 1.13. The predicted molar refractivity (Wildman–Crippen MR) is 173 cm³/mol. The number of aromatic nitrogens is 1. The Morgan fingerprint density at radius 2 is 1.74 bits per heavy atom. The van der Waals surface area contributed by atoms with Gasteiger partial charge in [-0.05, 0) is 67.5 Å². The molecule has 0 saturated carbocycles. The summed E-state index contributed by atoms with van der Waals surface area (Å²) in [5, 5.41) is 2.19. The van der Waals surface area contributed by atoms with Gasteiger partial charge < -0.3 is 23.8 Å². The van der Waals surface area contributed by atoms with Crippen LogP contribution >= 0.6 is 23.2 Å². The summed E-state index contributed by atoms with van der Waals surface area (Å²) >= 11 is 12.6. The Bertz CT molecular complexity index is 1340. The Morgan fingerprint density at radius 3 is 2.51 bits per heavy atom. The molecule has 0 bridgehead atoms. The van der Waals surface area contributed by atoms with Crippen molar-refractivity contribution in [2.75, 3.05) is 57.6 Å². The molecule has 1 fully saturated rings. The summed E-state index contributed by atoms with van der Waals surface area (Å²) in [5.41, 5.74) is 1.93. The molecule has 4 rings (SSSR count). The van der Waals surface area contributed by atoms with E-state index in [0.29, 0.717) is 29.1 Å². The molecule has 1 aliphatic heterocycles. The van der Waals surface area contributed by atoms with E-state index in [1.54, 1.807) is 6.07 Å². The molecule has 2 heterocycles. The van der Waals surface area contributed by atoms with Crippen molar-refractivity contribution in [1.29, 1.82) is 0 Å². The minimum Gasteiger partial charge on any atom is -0.494 e. The third-order valence-electron chi connectivity index (χ3n) is 7.25. The number of benzene rings is 2. The maximum absolute atomic E-state index is 11.9. The van der Waals surface area contributed by atoms with Crippen LogP contribution in [0.2, 0.25) is 10.0 Å². The predicted octanol–water partition coefficient (Wildman–Crippen LogP) is 8.08. The molecule has 8 nitrogen and oxygen atoms in total. The zero-order valence-electron chi connectivity index (χ0n) is 25.6. The van der Waals surface area contributed by atoms with Gasteiger partial charge in [0.15, 0.2) is 0 Å². The van der Waals surface area contributed by atoms with Gasteiger partial charge in [-0.1, -0.05) is 57.0 Å². The lowest BCUT2D eigenvalue weighted by atomic mass is 9.86. The average molecular weight is 633 g/mol. The number of anilines is 1. The van der Waals surface area contributed by atoms with Gasteiger partial charge in [0.25, 0.3) is 0 Å². The number of carbonyl (C=O) groups is 1. The number of unbranched alkanes of at least 4 members (excludes halogenated alkanes) is 1. The fraction of sp³-hybridized carbons (Fsp3) is 0.515. The standard InChI is InChI=1S/C33H43Cl2N3O5/c1-24(21-33(2,3)4)22-41-32(39)43-23-42-30-13-11-25-10-12-26(20-28(25)36-30)40-19-6-5-14-37-15-17-38(18-16-37)29-9-7-8-27(34)31(29)35/h7-13,20,24H,5-6,14-19,21-23H2,1-4H3. The number of pyridine rings is 1. The molecule has 1 saturated heterocycles. The Hall–Kier alpha value is -2.94. The molecule has 3 aromatic rings. The van der Waals surface area contributed by atoms with E-state index in [2.05, 4.69) is 42.5 Å². The van der Waals surface area contributed by atoms with Crippen molar-refractivity contribution in [2.45, 2.75) is 47.0 Å². The molecule has 1 aliphatic rings. The first-order valence-electron chi connectivity index (χ1n) is 14.9. The molecule has 10 heteroatoms. The molecule has 1 aromatic heterocycles. The highest BCUT2D eigenvalue weighted by molar-refractivity contribution is 6.43. The molecule has 0 N–H and O–H groups in total. The molecular weight excluding hydrogens is 589 g/mol. The highest BCUT2D eigenvalue weighted by Gasteiger charge is 2.20. The van der Waals surface area contributed by atoms with Crippen LogP contribution in [-0.2, 0) is 9.47 Å². The maximum Gasteiger partial charge on any atom is 0.511 e. The molecule has 0 aliphatic carbocycles. The van der Waals surface area contributed by atoms with Gasteiger partial charge in [-0.25, -0.2) is 9.78 Å². The van der Waals surface area contributed by atoms with Crippen LogP contribution in [0.15, 0.2) is 48.5 Å². The SMILES string of the molecule is CC(COC(=O)OCOc1ccc2ccc(OCCCCN3CCN(c4cccc(Cl)c4Cl)CC3)cc2n1)CC(C)(C)C. The number of ether oxygens (including phenoxy) is 4. The van der Waals surface area contributed by atoms with Gasteiger partial charge in [0.05, 0.1) is 34.5 Å². The lowest BCUT2D eigenvalue weighted by Gasteiger charge is -2.36. The molecule has 43 heavy (non-hydrogen) atoms. The van der Waals surface area contributed by atoms with Crippen LogP contribution in [0.5, 0.6) is 11.6 Å². The summed E-state index contributed by atoms with van der Waals surface area (Å²) in [6.07, 6.45) is 2.21. The van der Waals surface area contributed by atoms with E-state index in [1.165, 1.54) is 0 Å².